The van der Waals surface area contributed by atoms with Gasteiger partial charge in [0.15, 0.2) is 11.5 Å². The number of amides is 1. The largest absolute Gasteiger partial charge is 0.512 e. The molecule has 0 radical (unpaired) electrons. The van der Waals surface area contributed by atoms with Gasteiger partial charge in [0, 0.05) is 25.5 Å². The van der Waals surface area contributed by atoms with Crippen LogP contribution in [0.1, 0.15) is 39.3 Å². The second kappa shape index (κ2) is 8.72. The van der Waals surface area contributed by atoms with Crippen LogP contribution in [0.2, 0.25) is 0 Å². The van der Waals surface area contributed by atoms with E-state index >= 15 is 0 Å². The Morgan fingerprint density at radius 1 is 1.40 bits per heavy atom. The highest BCUT2D eigenvalue weighted by molar-refractivity contribution is 5.74. The van der Waals surface area contributed by atoms with E-state index in [2.05, 4.69) is 5.32 Å². The predicted octanol–water partition coefficient (Wildman–Crippen LogP) is 2.98. The summed E-state index contributed by atoms with van der Waals surface area (Å²) < 4.78 is 5.33. The lowest BCUT2D eigenvalue weighted by atomic mass is 9.96. The van der Waals surface area contributed by atoms with Gasteiger partial charge in [0.05, 0.1) is 23.3 Å². The van der Waals surface area contributed by atoms with Crippen molar-refractivity contribution < 1.29 is 24.7 Å². The van der Waals surface area contributed by atoms with Crippen molar-refractivity contribution in [1.29, 1.82) is 0 Å². The summed E-state index contributed by atoms with van der Waals surface area (Å²) in [6, 6.07) is 3.59. The van der Waals surface area contributed by atoms with Gasteiger partial charge in [-0.3, -0.25) is 14.9 Å². The Balaban J connectivity index is 3.49. The van der Waals surface area contributed by atoms with Gasteiger partial charge in [0.25, 0.3) is 0 Å². The van der Waals surface area contributed by atoms with E-state index in [4.69, 9.17) is 4.74 Å². The van der Waals surface area contributed by atoms with Crippen molar-refractivity contribution in [3.05, 3.63) is 57.0 Å². The Hall–Kier alpha value is -3.03. The molecule has 0 heterocycles. The molecule has 0 spiro atoms. The zero-order valence-electron chi connectivity index (χ0n) is 14.6. The minimum absolute atomic E-state index is 0.0737. The molecule has 0 saturated heterocycles. The molecule has 0 aliphatic carbocycles. The van der Waals surface area contributed by atoms with Gasteiger partial charge in [0.2, 0.25) is 11.6 Å². The molecule has 25 heavy (non-hydrogen) atoms. The molecule has 8 nitrogen and oxygen atoms in total. The Kier molecular flexibility index (Phi) is 6.98. The number of carbonyl (C=O) groups excluding carboxylic acids is 1. The second-order valence-corrected chi connectivity index (χ2v) is 5.38. The first-order chi connectivity index (χ1) is 11.7. The van der Waals surface area contributed by atoms with Gasteiger partial charge in [-0.05, 0) is 31.5 Å². The van der Waals surface area contributed by atoms with Crippen molar-refractivity contribution in [2.24, 2.45) is 0 Å². The number of allylic oxidation sites excluding steroid dienone is 2. The van der Waals surface area contributed by atoms with Crippen LogP contribution in [-0.2, 0) is 4.79 Å². The summed E-state index contributed by atoms with van der Waals surface area (Å²) in [5.41, 5.74) is 0.465. The third kappa shape index (κ3) is 5.52. The number of phenols is 1. The molecule has 1 amide bonds. The monoisotopic (exact) mass is 350 g/mol. The standard InChI is InChI=1S/C17H22N2O6/c1-5-25-16-9-13(6-7-15(16)22)17(18-12(4)21)14(11(3)20)8-10(2)19(23)24/h6-9,17,20,22H,5H2,1-4H3,(H,18,21)/b10-8+,14-11-. The molecule has 1 aromatic carbocycles. The van der Waals surface area contributed by atoms with E-state index in [0.717, 1.165) is 0 Å². The molecular formula is C17H22N2O6. The van der Waals surface area contributed by atoms with Crippen molar-refractivity contribution in [2.45, 2.75) is 33.7 Å². The van der Waals surface area contributed by atoms with E-state index in [0.29, 0.717) is 12.2 Å². The molecule has 1 rings (SSSR count). The van der Waals surface area contributed by atoms with Crippen molar-refractivity contribution >= 4 is 5.91 Å². The number of aliphatic hydroxyl groups excluding tert-OH is 1. The molecule has 0 fully saturated rings. The SMILES string of the molecule is CCOc1cc(C(NC(C)=O)C(/C=C(\C)[N+](=O)[O-])=C(/C)O)ccc1O. The number of aromatic hydroxyl groups is 1. The topological polar surface area (TPSA) is 122 Å². The number of phenolic OH excluding ortho intramolecular Hbond substituents is 1. The van der Waals surface area contributed by atoms with Gasteiger partial charge in [-0.2, -0.15) is 0 Å². The fraction of sp³-hybridized carbons (Fsp3) is 0.353. The molecular weight excluding hydrogens is 328 g/mol. The molecule has 0 bridgehead atoms. The summed E-state index contributed by atoms with van der Waals surface area (Å²) in [5.74, 6) is -0.427. The number of rotatable bonds is 7. The molecule has 1 aromatic rings. The average molecular weight is 350 g/mol. The minimum atomic E-state index is -0.850. The fourth-order valence-electron chi connectivity index (χ4n) is 2.20. The zero-order valence-corrected chi connectivity index (χ0v) is 14.6. The number of aliphatic hydroxyl groups is 1. The van der Waals surface area contributed by atoms with Crippen LogP contribution >= 0.6 is 0 Å². The minimum Gasteiger partial charge on any atom is -0.512 e. The van der Waals surface area contributed by atoms with Crippen molar-refractivity contribution in [3.63, 3.8) is 0 Å². The molecule has 3 N–H and O–H groups in total. The first kappa shape index (κ1) is 20.0. The number of ether oxygens (including phenoxy) is 1. The van der Waals surface area contributed by atoms with Crippen LogP contribution in [0, 0.1) is 10.1 Å². The molecule has 1 atom stereocenters. The smallest absolute Gasteiger partial charge is 0.243 e. The molecule has 8 heteroatoms. The lowest BCUT2D eigenvalue weighted by Crippen LogP contribution is -2.28. The van der Waals surface area contributed by atoms with Gasteiger partial charge in [-0.15, -0.1) is 0 Å². The number of nitrogens with one attached hydrogen (secondary N) is 1. The van der Waals surface area contributed by atoms with E-state index < -0.39 is 11.0 Å². The van der Waals surface area contributed by atoms with Crippen LogP contribution in [0.15, 0.2) is 41.3 Å². The van der Waals surface area contributed by atoms with Crippen LogP contribution in [-0.4, -0.2) is 27.7 Å². The maximum atomic E-state index is 11.6. The molecule has 0 saturated carbocycles. The van der Waals surface area contributed by atoms with Crippen LogP contribution in [0.5, 0.6) is 11.5 Å². The number of carbonyl (C=O) groups is 1. The summed E-state index contributed by atoms with van der Waals surface area (Å²) in [6.07, 6.45) is 1.20. The predicted molar refractivity (Wildman–Crippen MR) is 91.9 cm³/mol. The number of hydrogen-bond acceptors (Lipinski definition) is 6. The normalized spacial score (nSPS) is 13.7. The quantitative estimate of drug-likeness (QED) is 0.301. The molecule has 0 aliphatic rings. The molecule has 0 aliphatic heterocycles. The average Bonchev–Trinajstić information content (AvgIpc) is 2.52. The highest BCUT2D eigenvalue weighted by Gasteiger charge is 2.22. The van der Waals surface area contributed by atoms with Gasteiger partial charge >= 0.3 is 0 Å². The second-order valence-electron chi connectivity index (χ2n) is 5.38. The van der Waals surface area contributed by atoms with Gasteiger partial charge in [-0.1, -0.05) is 6.07 Å². The third-order valence-corrected chi connectivity index (χ3v) is 3.35. The van der Waals surface area contributed by atoms with E-state index in [9.17, 15) is 25.1 Å². The lowest BCUT2D eigenvalue weighted by molar-refractivity contribution is -0.424. The van der Waals surface area contributed by atoms with E-state index in [-0.39, 0.29) is 34.4 Å². The lowest BCUT2D eigenvalue weighted by Gasteiger charge is -2.21. The van der Waals surface area contributed by atoms with Gasteiger partial charge in [0.1, 0.15) is 0 Å². The fourth-order valence-corrected chi connectivity index (χ4v) is 2.20. The highest BCUT2D eigenvalue weighted by atomic mass is 16.6. The van der Waals surface area contributed by atoms with E-state index in [1.165, 1.54) is 45.0 Å². The first-order valence-electron chi connectivity index (χ1n) is 7.62. The summed E-state index contributed by atoms with van der Waals surface area (Å²) in [5, 5.41) is 33.4. The maximum Gasteiger partial charge on any atom is 0.243 e. The molecule has 136 valence electrons. The number of benzene rings is 1. The number of nitrogens with zero attached hydrogens (tertiary/aromatic N) is 1. The summed E-state index contributed by atoms with van der Waals surface area (Å²) >= 11 is 0. The zero-order chi connectivity index (χ0) is 19.1. The van der Waals surface area contributed by atoms with Crippen molar-refractivity contribution in [1.82, 2.24) is 5.32 Å². The van der Waals surface area contributed by atoms with Crippen LogP contribution in [0.4, 0.5) is 0 Å². The Labute approximate surface area is 145 Å². The first-order valence-corrected chi connectivity index (χ1v) is 7.62. The van der Waals surface area contributed by atoms with Crippen LogP contribution in [0.25, 0.3) is 0 Å². The van der Waals surface area contributed by atoms with Crippen molar-refractivity contribution in [2.75, 3.05) is 6.61 Å². The van der Waals surface area contributed by atoms with E-state index in [1.54, 1.807) is 6.92 Å². The van der Waals surface area contributed by atoms with Gasteiger partial charge in [-0.25, -0.2) is 0 Å². The van der Waals surface area contributed by atoms with Crippen molar-refractivity contribution in [3.8, 4) is 11.5 Å². The Morgan fingerprint density at radius 3 is 2.52 bits per heavy atom. The van der Waals surface area contributed by atoms with Crippen LogP contribution < -0.4 is 10.1 Å². The van der Waals surface area contributed by atoms with Gasteiger partial charge < -0.3 is 20.3 Å². The highest BCUT2D eigenvalue weighted by Crippen LogP contribution is 2.33. The summed E-state index contributed by atoms with van der Waals surface area (Å²) in [4.78, 5) is 21.9. The maximum absolute atomic E-state index is 11.6. The number of hydrogen-bond donors (Lipinski definition) is 3. The Bertz CT molecular complexity index is 720. The molecule has 0 aromatic heterocycles. The summed E-state index contributed by atoms with van der Waals surface area (Å²) in [7, 11) is 0. The third-order valence-electron chi connectivity index (χ3n) is 3.35. The Morgan fingerprint density at radius 2 is 2.04 bits per heavy atom. The molecule has 1 unspecified atom stereocenters. The summed E-state index contributed by atoms with van der Waals surface area (Å²) in [6.45, 7) is 6.03. The van der Waals surface area contributed by atoms with Crippen LogP contribution in [0.3, 0.4) is 0 Å². The number of nitro groups is 1. The van der Waals surface area contributed by atoms with E-state index in [1.807, 2.05) is 0 Å².